The number of aliphatic hydroxyl groups is 4. The number of hydrogen-bond donors (Lipinski definition) is 14. The molecule has 0 saturated heterocycles. The Hall–Kier alpha value is -8.65. The highest BCUT2D eigenvalue weighted by molar-refractivity contribution is 5.86. The van der Waals surface area contributed by atoms with Crippen LogP contribution in [-0.2, 0) is 97.6 Å². The van der Waals surface area contributed by atoms with E-state index in [4.69, 9.17) is 67.3 Å². The van der Waals surface area contributed by atoms with Crippen molar-refractivity contribution < 1.29 is 102 Å². The number of carbonyl (C=O) groups excluding carboxylic acids is 5. The third kappa shape index (κ3) is 25.0. The number of rotatable bonds is 41. The predicted octanol–water partition coefficient (Wildman–Crippen LogP) is -8.77. The van der Waals surface area contributed by atoms with Crippen LogP contribution in [0.5, 0.6) is 0 Å². The molecule has 0 aromatic carbocycles. The minimum atomic E-state index is -1.76. The number of aliphatic hydroxyl groups excluding tert-OH is 4. The Morgan fingerprint density at radius 2 is 1.07 bits per heavy atom. The van der Waals surface area contributed by atoms with Gasteiger partial charge in [0.05, 0.1) is 129 Å². The number of nitrogens with zero attached hydrogens (tertiary/aromatic N) is 9. The van der Waals surface area contributed by atoms with Gasteiger partial charge in [-0.05, 0) is 12.2 Å². The predicted molar refractivity (Wildman–Crippen MR) is 298 cm³/mol. The van der Waals surface area contributed by atoms with E-state index >= 15 is 0 Å². The average molecular weight is 1250 g/mol. The van der Waals surface area contributed by atoms with Gasteiger partial charge < -0.3 is 118 Å². The van der Waals surface area contributed by atoms with Gasteiger partial charge in [-0.25, -0.2) is 19.6 Å². The third-order valence-corrected chi connectivity index (χ3v) is 12.3. The van der Waals surface area contributed by atoms with Crippen molar-refractivity contribution in [3.63, 3.8) is 0 Å². The van der Waals surface area contributed by atoms with E-state index in [0.29, 0.717) is 37.8 Å². The summed E-state index contributed by atoms with van der Waals surface area (Å²) in [7, 11) is 0. The third-order valence-electron chi connectivity index (χ3n) is 12.3. The van der Waals surface area contributed by atoms with Crippen LogP contribution in [0.4, 0.5) is 0 Å². The van der Waals surface area contributed by atoms with Crippen molar-refractivity contribution in [3.8, 4) is 12.3 Å². The lowest BCUT2D eigenvalue weighted by Crippen LogP contribution is -2.60. The maximum Gasteiger partial charge on any atom is 0.370 e. The van der Waals surface area contributed by atoms with Gasteiger partial charge in [-0.2, -0.15) is 0 Å². The number of hydrogen-bond acceptors (Lipinski definition) is 25. The van der Waals surface area contributed by atoms with Crippen LogP contribution in [-0.4, -0.2) is 272 Å². The van der Waals surface area contributed by atoms with Crippen LogP contribution in [0.3, 0.4) is 0 Å². The second-order valence-corrected chi connectivity index (χ2v) is 19.2. The molecule has 38 heteroatoms. The second-order valence-electron chi connectivity index (χ2n) is 19.2. The molecule has 0 aliphatic carbocycles. The Balaban J connectivity index is 1.37. The number of aromatic nitrogens is 6. The minimum absolute atomic E-state index is 0.0122. The van der Waals surface area contributed by atoms with Crippen molar-refractivity contribution in [1.82, 2.24) is 56.2 Å². The zero-order chi connectivity index (χ0) is 64.7. The number of amides is 5. The number of aliphatic carboxylic acids is 2. The Kier molecular flexibility index (Phi) is 30.9. The normalized spacial score (nSPS) is 19.3. The van der Waals surface area contributed by atoms with Gasteiger partial charge in [0.2, 0.25) is 41.1 Å². The number of carbonyl (C=O) groups is 7. The first-order valence-corrected chi connectivity index (χ1v) is 27.1. The van der Waals surface area contributed by atoms with E-state index in [1.54, 1.807) is 0 Å². The van der Waals surface area contributed by atoms with E-state index in [1.807, 2.05) is 0 Å². The molecule has 18 N–H and O–H groups in total. The Labute approximate surface area is 502 Å². The van der Waals surface area contributed by atoms with E-state index in [2.05, 4.69) is 57.8 Å². The molecule has 38 nitrogen and oxygen atoms in total. The molecular weight excluding hydrogens is 1170 g/mol. The van der Waals surface area contributed by atoms with E-state index in [-0.39, 0.29) is 78.0 Å². The van der Waals surface area contributed by atoms with Crippen molar-refractivity contribution in [2.75, 3.05) is 92.4 Å². The molecule has 0 unspecified atom stereocenters. The molecule has 0 spiro atoms. The number of nitrogens with two attached hydrogens (primary N) is 4. The summed E-state index contributed by atoms with van der Waals surface area (Å²) in [6.07, 6.45) is 0.339. The van der Waals surface area contributed by atoms with E-state index in [9.17, 15) is 64.2 Å². The smallest absolute Gasteiger partial charge is 0.370 e. The molecule has 2 aliphatic rings. The lowest BCUT2D eigenvalue weighted by atomic mass is 9.92. The van der Waals surface area contributed by atoms with Crippen LogP contribution >= 0.6 is 0 Å². The molecule has 5 amide bonds. The van der Waals surface area contributed by atoms with Crippen molar-refractivity contribution in [3.05, 3.63) is 47.5 Å². The maximum absolute atomic E-state index is 13.8. The summed E-state index contributed by atoms with van der Waals surface area (Å²) in [5.41, 5.74) is 22.9. The Morgan fingerprint density at radius 3 is 1.43 bits per heavy atom. The van der Waals surface area contributed by atoms with Crippen molar-refractivity contribution in [2.24, 2.45) is 32.9 Å². The number of nitrogens with one attached hydrogen (secondary N) is 4. The van der Waals surface area contributed by atoms with Crippen molar-refractivity contribution in [2.45, 2.75) is 107 Å². The number of aliphatic imine (C=N–C) groups is 2. The largest absolute Gasteiger partial charge is 0.478 e. The molecule has 0 fully saturated rings. The fourth-order valence-corrected chi connectivity index (χ4v) is 8.49. The molecule has 2 aliphatic heterocycles. The van der Waals surface area contributed by atoms with Gasteiger partial charge in [0.15, 0.2) is 24.1 Å². The summed E-state index contributed by atoms with van der Waals surface area (Å²) in [4.78, 5) is 97.6. The van der Waals surface area contributed by atoms with E-state index in [0.717, 1.165) is 26.0 Å². The molecular formula is C50H77N17O21. The molecule has 4 heterocycles. The first kappa shape index (κ1) is 71.8. The van der Waals surface area contributed by atoms with Gasteiger partial charge in [-0.15, -0.1) is 16.6 Å². The first-order valence-electron chi connectivity index (χ1n) is 27.1. The van der Waals surface area contributed by atoms with Crippen LogP contribution < -0.4 is 44.2 Å². The van der Waals surface area contributed by atoms with Gasteiger partial charge in [-0.1, -0.05) is 16.3 Å². The van der Waals surface area contributed by atoms with Crippen LogP contribution in [0.25, 0.3) is 0 Å². The summed E-state index contributed by atoms with van der Waals surface area (Å²) in [5, 5.41) is 87.6. The van der Waals surface area contributed by atoms with Gasteiger partial charge in [-0.3, -0.25) is 33.3 Å². The fraction of sp³-hybridized carbons (Fsp3) is 0.620. The van der Waals surface area contributed by atoms with Crippen molar-refractivity contribution in [1.29, 1.82) is 0 Å². The molecule has 488 valence electrons. The fourth-order valence-electron chi connectivity index (χ4n) is 8.49. The monoisotopic (exact) mass is 1250 g/mol. The second kappa shape index (κ2) is 37.8. The molecule has 88 heavy (non-hydrogen) atoms. The highest BCUT2D eigenvalue weighted by Gasteiger charge is 2.47. The lowest BCUT2D eigenvalue weighted by molar-refractivity contribution is -0.158. The number of carboxylic acids is 2. The molecule has 0 radical (unpaired) electrons. The zero-order valence-electron chi connectivity index (χ0n) is 48.2. The number of terminal acetylenes is 1. The van der Waals surface area contributed by atoms with Gasteiger partial charge in [0.1, 0.15) is 55.6 Å². The van der Waals surface area contributed by atoms with Crippen molar-refractivity contribution >= 4 is 53.4 Å². The summed E-state index contributed by atoms with van der Waals surface area (Å²) in [6, 6.07) is -4.93. The summed E-state index contributed by atoms with van der Waals surface area (Å²) in [6.45, 7) is 0.618. The maximum atomic E-state index is 13.8. The topological polar surface area (TPSA) is 556 Å². The molecule has 2 aromatic rings. The molecule has 0 bridgehead atoms. The molecule has 2 aromatic heterocycles. The summed E-state index contributed by atoms with van der Waals surface area (Å²) >= 11 is 0. The molecule has 0 saturated carbocycles. The summed E-state index contributed by atoms with van der Waals surface area (Å²) < 4.78 is 47.0. The minimum Gasteiger partial charge on any atom is -0.478 e. The zero-order valence-corrected chi connectivity index (χ0v) is 48.2. The number of carboxylic acid groups (broad SMARTS) is 2. The van der Waals surface area contributed by atoms with Gasteiger partial charge >= 0.3 is 11.9 Å². The highest BCUT2D eigenvalue weighted by atomic mass is 16.6. The summed E-state index contributed by atoms with van der Waals surface area (Å²) in [5.74, 6) is -6.07. The lowest BCUT2D eigenvalue weighted by Gasteiger charge is -2.40. The van der Waals surface area contributed by atoms with Gasteiger partial charge in [0, 0.05) is 26.9 Å². The first-order chi connectivity index (χ1) is 42.0. The van der Waals surface area contributed by atoms with E-state index < -0.39 is 146 Å². The Bertz CT molecular complexity index is 2610. The van der Waals surface area contributed by atoms with Crippen LogP contribution in [0.1, 0.15) is 31.7 Å². The van der Waals surface area contributed by atoms with Crippen LogP contribution in [0, 0.1) is 12.3 Å². The standard InChI is InChI=1S/C50H77N17O21/c1-4-10-81-12-14-83-16-17-84-15-13-82-11-5-40(76)65(20-30-22-66(63-61-30)8-6-55-38(74)26-85-43(34(72)24-68)45-41(57-28(2)70)32(59-49(51)52)18-36(87-45)47(77)78)21-31-23-67(64-62-31)9-7-56-39(75)27-86-44(35(73)25-69)46-42(58-29(3)71)33(60-50(53)54)19-37(88-46)48(79)80/h1,18-19,22-23,32-35,41-46,68-69,72-73H,5-17,20-21,24-27H2,2-3H3,(H,55,74)(H,56,75)(H,57,70)(H,58,71)(H,77,78)(H,79,80)(H4,51,52,59)(H4,53,54,60)/t32-,33-,34+,35+,41+,42+,43+,44+,45+,46+/m0/s1. The molecule has 10 atom stereocenters. The van der Waals surface area contributed by atoms with Gasteiger partial charge in [0.25, 0.3) is 0 Å². The Morgan fingerprint density at radius 1 is 0.670 bits per heavy atom. The van der Waals surface area contributed by atoms with Crippen LogP contribution in [0.2, 0.25) is 0 Å². The highest BCUT2D eigenvalue weighted by Crippen LogP contribution is 2.28. The number of guanidine groups is 2. The van der Waals surface area contributed by atoms with Crippen LogP contribution in [0.15, 0.2) is 46.0 Å². The number of ether oxygens (including phenoxy) is 8. The quantitative estimate of drug-likeness (QED) is 0.0127. The molecule has 4 rings (SSSR count). The SMILES string of the molecule is C#CCOCCOCCOCCOCCC(=O)N(Cc1cn(CCNC(=O)CO[C@@H]([C@@H]2OC(C(=O)O)=C[C@H](N=C(N)N)[C@H]2NC(C)=O)[C@H](O)CO)nn1)Cc1cn(CCNC(=O)CO[C@@H]([C@@H]2OC(C(=O)O)=C[C@H](N=C(N)N)[C@H]2NC(C)=O)[C@H](O)CO)nn1. The average Bonchev–Trinajstić information content (AvgIpc) is 1.41. The van der Waals surface area contributed by atoms with E-state index in [1.165, 1.54) is 26.7 Å².